The van der Waals surface area contributed by atoms with Crippen LogP contribution >= 0.6 is 11.3 Å². The number of amides is 1. The zero-order chi connectivity index (χ0) is 17.9. The molecule has 1 N–H and O–H groups in total. The van der Waals surface area contributed by atoms with Crippen molar-refractivity contribution in [3.05, 3.63) is 51.1 Å². The summed E-state index contributed by atoms with van der Waals surface area (Å²) < 4.78 is 27.6. The van der Waals surface area contributed by atoms with Gasteiger partial charge in [0.15, 0.2) is 0 Å². The molecule has 2 aromatic rings. The summed E-state index contributed by atoms with van der Waals surface area (Å²) in [5, 5.41) is 4.64. The summed E-state index contributed by atoms with van der Waals surface area (Å²) in [6.07, 6.45) is 3.02. The van der Waals surface area contributed by atoms with Gasteiger partial charge < -0.3 is 9.88 Å². The number of aromatic nitrogens is 1. The second-order valence-corrected chi connectivity index (χ2v) is 8.71. The molecule has 0 bridgehead atoms. The van der Waals surface area contributed by atoms with Crippen LogP contribution in [-0.4, -0.2) is 36.3 Å². The average Bonchev–Trinajstić information content (AvgIpc) is 3.28. The van der Waals surface area contributed by atoms with Crippen molar-refractivity contribution in [1.82, 2.24) is 14.2 Å². The highest BCUT2D eigenvalue weighted by Gasteiger charge is 2.29. The molecule has 0 radical (unpaired) electrons. The second kappa shape index (κ2) is 7.51. The van der Waals surface area contributed by atoms with Gasteiger partial charge in [-0.2, -0.15) is 4.31 Å². The molecule has 25 heavy (non-hydrogen) atoms. The fourth-order valence-electron chi connectivity index (χ4n) is 2.71. The number of thiophene rings is 1. The molecule has 1 saturated heterocycles. The number of hydrogen-bond acceptors (Lipinski definition) is 5. The van der Waals surface area contributed by atoms with Gasteiger partial charge in [0, 0.05) is 24.2 Å². The number of nitrogens with one attached hydrogen (secondary N) is 1. The van der Waals surface area contributed by atoms with E-state index in [2.05, 4.69) is 5.32 Å². The molecule has 1 fully saturated rings. The Kier molecular flexibility index (Phi) is 5.36. The molecule has 0 unspecified atom stereocenters. The first-order valence-corrected chi connectivity index (χ1v) is 10.3. The highest BCUT2D eigenvalue weighted by Crippen LogP contribution is 2.18. The molecule has 2 aromatic heterocycles. The average molecular weight is 381 g/mol. The first kappa shape index (κ1) is 17.8. The smallest absolute Gasteiger partial charge is 0.271 e. The number of hydrogen-bond donors (Lipinski definition) is 1. The van der Waals surface area contributed by atoms with Gasteiger partial charge in [-0.1, -0.05) is 6.07 Å². The zero-order valence-electron chi connectivity index (χ0n) is 13.6. The van der Waals surface area contributed by atoms with Gasteiger partial charge in [-0.25, -0.2) is 8.42 Å². The zero-order valence-corrected chi connectivity index (χ0v) is 15.2. The van der Waals surface area contributed by atoms with E-state index in [1.807, 2.05) is 17.5 Å². The van der Waals surface area contributed by atoms with Crippen LogP contribution in [0.15, 0.2) is 45.5 Å². The van der Waals surface area contributed by atoms with E-state index in [9.17, 15) is 18.0 Å². The van der Waals surface area contributed by atoms with E-state index >= 15 is 0 Å². The standard InChI is InChI=1S/C16H19N3O4S2/c20-15(17-11-13-5-4-10-24-13)12-18-7-3-6-14(16(18)21)25(22,23)19-8-1-2-9-19/h3-7,10H,1-2,8-9,11-12H2,(H,17,20). The second-order valence-electron chi connectivity index (χ2n) is 5.77. The molecule has 1 amide bonds. The van der Waals surface area contributed by atoms with Crippen LogP contribution in [0, 0.1) is 0 Å². The summed E-state index contributed by atoms with van der Waals surface area (Å²) in [6.45, 7) is 1.03. The number of nitrogens with zero attached hydrogens (tertiary/aromatic N) is 2. The van der Waals surface area contributed by atoms with Crippen molar-refractivity contribution in [2.45, 2.75) is 30.8 Å². The van der Waals surface area contributed by atoms with E-state index in [0.29, 0.717) is 19.6 Å². The molecule has 9 heteroatoms. The van der Waals surface area contributed by atoms with Crippen LogP contribution < -0.4 is 10.9 Å². The third-order valence-corrected chi connectivity index (χ3v) is 6.81. The van der Waals surface area contributed by atoms with Gasteiger partial charge in [-0.15, -0.1) is 11.3 Å². The normalized spacial score (nSPS) is 15.4. The number of pyridine rings is 1. The Morgan fingerprint density at radius 3 is 2.64 bits per heavy atom. The SMILES string of the molecule is O=C(Cn1cccc(S(=O)(=O)N2CCCC2)c1=O)NCc1cccs1. The van der Waals surface area contributed by atoms with Gasteiger partial charge in [0.05, 0.1) is 6.54 Å². The summed E-state index contributed by atoms with van der Waals surface area (Å²) >= 11 is 1.53. The molecule has 0 aliphatic carbocycles. The predicted octanol–water partition coefficient (Wildman–Crippen LogP) is 1.01. The predicted molar refractivity (Wildman–Crippen MR) is 94.9 cm³/mol. The van der Waals surface area contributed by atoms with Crippen LogP contribution in [0.5, 0.6) is 0 Å². The molecule has 1 aliphatic heterocycles. The van der Waals surface area contributed by atoms with Gasteiger partial charge in [-0.3, -0.25) is 9.59 Å². The molecule has 0 saturated carbocycles. The Balaban J connectivity index is 1.74. The summed E-state index contributed by atoms with van der Waals surface area (Å²) in [7, 11) is -3.81. The van der Waals surface area contributed by atoms with Gasteiger partial charge in [0.25, 0.3) is 5.56 Å². The summed E-state index contributed by atoms with van der Waals surface area (Å²) in [5.41, 5.74) is -0.666. The molecule has 0 spiro atoms. The Morgan fingerprint density at radius 1 is 1.20 bits per heavy atom. The Bertz CT molecular complexity index is 898. The van der Waals surface area contributed by atoms with Crippen molar-refractivity contribution in [2.75, 3.05) is 13.1 Å². The highest BCUT2D eigenvalue weighted by atomic mass is 32.2. The summed E-state index contributed by atoms with van der Waals surface area (Å²) in [5.74, 6) is -0.341. The summed E-state index contributed by atoms with van der Waals surface area (Å²) in [4.78, 5) is 25.3. The number of rotatable bonds is 6. The lowest BCUT2D eigenvalue weighted by Crippen LogP contribution is -2.37. The fraction of sp³-hybridized carbons (Fsp3) is 0.375. The molecule has 0 aromatic carbocycles. The maximum atomic E-state index is 12.6. The Morgan fingerprint density at radius 2 is 1.96 bits per heavy atom. The van der Waals surface area contributed by atoms with Gasteiger partial charge in [0.1, 0.15) is 11.4 Å². The topological polar surface area (TPSA) is 88.5 Å². The lowest BCUT2D eigenvalue weighted by molar-refractivity contribution is -0.121. The molecule has 0 atom stereocenters. The van der Waals surface area contributed by atoms with E-state index in [1.54, 1.807) is 0 Å². The third-order valence-electron chi connectivity index (χ3n) is 4.02. The molecular weight excluding hydrogens is 362 g/mol. The number of carbonyl (C=O) groups excluding carboxylic acids is 1. The minimum Gasteiger partial charge on any atom is -0.350 e. The van der Waals surface area contributed by atoms with Crippen LogP contribution in [0.25, 0.3) is 0 Å². The molecule has 3 rings (SSSR count). The van der Waals surface area contributed by atoms with E-state index in [1.165, 1.54) is 34.0 Å². The number of sulfonamides is 1. The lowest BCUT2D eigenvalue weighted by atomic mass is 10.4. The van der Waals surface area contributed by atoms with E-state index < -0.39 is 15.6 Å². The minimum absolute atomic E-state index is 0.215. The maximum Gasteiger partial charge on any atom is 0.271 e. The van der Waals surface area contributed by atoms with Crippen molar-refractivity contribution >= 4 is 27.3 Å². The van der Waals surface area contributed by atoms with Gasteiger partial charge >= 0.3 is 0 Å². The molecule has 7 nitrogen and oxygen atoms in total. The van der Waals surface area contributed by atoms with Crippen LogP contribution in [0.2, 0.25) is 0 Å². The molecule has 134 valence electrons. The maximum absolute atomic E-state index is 12.6. The quantitative estimate of drug-likeness (QED) is 0.809. The van der Waals surface area contributed by atoms with Gasteiger partial charge in [0.2, 0.25) is 15.9 Å². The van der Waals surface area contributed by atoms with Crippen molar-refractivity contribution in [3.63, 3.8) is 0 Å². The van der Waals surface area contributed by atoms with Gasteiger partial charge in [-0.05, 0) is 36.4 Å². The first-order valence-electron chi connectivity index (χ1n) is 7.97. The van der Waals surface area contributed by atoms with Crippen LogP contribution in [0.3, 0.4) is 0 Å². The fourth-order valence-corrected chi connectivity index (χ4v) is 4.96. The molecular formula is C16H19N3O4S2. The van der Waals surface area contributed by atoms with E-state index in [-0.39, 0.29) is 17.3 Å². The molecule has 1 aliphatic rings. The lowest BCUT2D eigenvalue weighted by Gasteiger charge is -2.15. The third kappa shape index (κ3) is 4.00. The van der Waals surface area contributed by atoms with Crippen LogP contribution in [-0.2, 0) is 27.9 Å². The highest BCUT2D eigenvalue weighted by molar-refractivity contribution is 7.89. The monoisotopic (exact) mass is 381 g/mol. The Hall–Kier alpha value is -1.97. The number of carbonyl (C=O) groups is 1. The van der Waals surface area contributed by atoms with Crippen LogP contribution in [0.1, 0.15) is 17.7 Å². The van der Waals surface area contributed by atoms with Crippen molar-refractivity contribution in [2.24, 2.45) is 0 Å². The van der Waals surface area contributed by atoms with Crippen molar-refractivity contribution in [3.8, 4) is 0 Å². The largest absolute Gasteiger partial charge is 0.350 e. The van der Waals surface area contributed by atoms with E-state index in [0.717, 1.165) is 22.3 Å². The molecule has 3 heterocycles. The first-order chi connectivity index (χ1) is 12.0. The summed E-state index contributed by atoms with van der Waals surface area (Å²) in [6, 6.07) is 6.58. The Labute approximate surface area is 150 Å². The minimum atomic E-state index is -3.81. The van der Waals surface area contributed by atoms with Crippen LogP contribution in [0.4, 0.5) is 0 Å². The van der Waals surface area contributed by atoms with Crippen molar-refractivity contribution in [1.29, 1.82) is 0 Å². The van der Waals surface area contributed by atoms with Crippen molar-refractivity contribution < 1.29 is 13.2 Å². The van der Waals surface area contributed by atoms with E-state index in [4.69, 9.17) is 0 Å².